The number of nitrogens with zero attached hydrogens (tertiary/aromatic N) is 2. The summed E-state index contributed by atoms with van der Waals surface area (Å²) in [6.45, 7) is 1.56. The lowest BCUT2D eigenvalue weighted by atomic mass is 9.38. The molecule has 4 aliphatic heterocycles. The Labute approximate surface area is 186 Å². The van der Waals surface area contributed by atoms with Crippen molar-refractivity contribution in [2.45, 2.75) is 49.1 Å². The van der Waals surface area contributed by atoms with Crippen LogP contribution in [0, 0.1) is 11.3 Å². The van der Waals surface area contributed by atoms with Crippen LogP contribution < -0.4 is 9.64 Å². The Kier molecular flexibility index (Phi) is 3.91. The third-order valence-electron chi connectivity index (χ3n) is 9.28. The molecule has 0 N–H and O–H groups in total. The molecule has 0 radical (unpaired) electrons. The SMILES string of the molecule is COC(=O)C1C2N3CCCC24CCC12N(C(=O)OC)c1ccc(OC)cc1C2(CC3)C4=O. The molecule has 3 saturated carbocycles. The van der Waals surface area contributed by atoms with Crippen molar-refractivity contribution >= 4 is 23.5 Å². The molecule has 7 aliphatic rings. The number of carbonyl (C=O) groups is 3. The van der Waals surface area contributed by atoms with Crippen molar-refractivity contribution in [1.82, 2.24) is 4.90 Å². The van der Waals surface area contributed by atoms with E-state index in [4.69, 9.17) is 14.2 Å². The van der Waals surface area contributed by atoms with Crippen LogP contribution in [0.25, 0.3) is 0 Å². The second kappa shape index (κ2) is 6.25. The van der Waals surface area contributed by atoms with Crippen LogP contribution in [0.15, 0.2) is 18.2 Å². The van der Waals surface area contributed by atoms with Gasteiger partial charge in [0.1, 0.15) is 5.75 Å². The van der Waals surface area contributed by atoms with Crippen LogP contribution in [-0.2, 0) is 24.5 Å². The number of hydrogen-bond donors (Lipinski definition) is 0. The normalized spacial score (nSPS) is 40.4. The zero-order valence-corrected chi connectivity index (χ0v) is 18.7. The highest BCUT2D eigenvalue weighted by atomic mass is 16.5. The first-order valence-electron chi connectivity index (χ1n) is 11.4. The van der Waals surface area contributed by atoms with E-state index in [1.165, 1.54) is 14.2 Å². The molecule has 5 bridgehead atoms. The first kappa shape index (κ1) is 20.0. The zero-order valence-electron chi connectivity index (χ0n) is 18.7. The summed E-state index contributed by atoms with van der Waals surface area (Å²) in [7, 11) is 4.34. The van der Waals surface area contributed by atoms with Gasteiger partial charge in [0.25, 0.3) is 0 Å². The van der Waals surface area contributed by atoms with Crippen molar-refractivity contribution in [3.05, 3.63) is 23.8 Å². The van der Waals surface area contributed by atoms with Crippen molar-refractivity contribution in [2.75, 3.05) is 39.3 Å². The van der Waals surface area contributed by atoms with E-state index in [1.807, 2.05) is 12.1 Å². The Morgan fingerprint density at radius 3 is 2.56 bits per heavy atom. The Bertz CT molecular complexity index is 1060. The molecule has 6 fully saturated rings. The van der Waals surface area contributed by atoms with Crippen LogP contribution in [0.2, 0.25) is 0 Å². The van der Waals surface area contributed by atoms with Crippen LogP contribution in [0.5, 0.6) is 5.75 Å². The number of fused-ring (bicyclic) bond motifs is 3. The van der Waals surface area contributed by atoms with Crippen molar-refractivity contribution < 1.29 is 28.6 Å². The van der Waals surface area contributed by atoms with Gasteiger partial charge >= 0.3 is 12.1 Å². The molecule has 4 heterocycles. The van der Waals surface area contributed by atoms with E-state index >= 15 is 0 Å². The topological polar surface area (TPSA) is 85.4 Å². The van der Waals surface area contributed by atoms with Gasteiger partial charge in [0.05, 0.1) is 43.9 Å². The average Bonchev–Trinajstić information content (AvgIpc) is 2.97. The lowest BCUT2D eigenvalue weighted by Gasteiger charge is -2.67. The summed E-state index contributed by atoms with van der Waals surface area (Å²) < 4.78 is 16.1. The molecule has 1 amide bonds. The molecule has 6 atom stereocenters. The largest absolute Gasteiger partial charge is 0.497 e. The fourth-order valence-corrected chi connectivity index (χ4v) is 8.35. The Morgan fingerprint density at radius 2 is 1.84 bits per heavy atom. The molecule has 3 aliphatic carbocycles. The molecule has 3 saturated heterocycles. The zero-order chi connectivity index (χ0) is 22.5. The number of hydrogen-bond acceptors (Lipinski definition) is 7. The maximum absolute atomic E-state index is 14.7. The van der Waals surface area contributed by atoms with Crippen molar-refractivity contribution in [2.24, 2.45) is 11.3 Å². The highest BCUT2D eigenvalue weighted by molar-refractivity contribution is 6.10. The monoisotopic (exact) mass is 440 g/mol. The maximum Gasteiger partial charge on any atom is 0.414 e. The Hall–Kier alpha value is -2.61. The summed E-state index contributed by atoms with van der Waals surface area (Å²) in [5.41, 5.74) is -1.20. The third kappa shape index (κ3) is 1.86. The van der Waals surface area contributed by atoms with Crippen LogP contribution >= 0.6 is 0 Å². The van der Waals surface area contributed by atoms with Gasteiger partial charge < -0.3 is 14.2 Å². The lowest BCUT2D eigenvalue weighted by Crippen LogP contribution is -2.82. The number of Topliss-reactive ketones (excluding diaryl/α,β-unsaturated/α-hetero) is 1. The van der Waals surface area contributed by atoms with Gasteiger partial charge in [0, 0.05) is 11.5 Å². The van der Waals surface area contributed by atoms with Gasteiger partial charge in [0.15, 0.2) is 5.78 Å². The summed E-state index contributed by atoms with van der Waals surface area (Å²) in [4.78, 5) is 45.5. The van der Waals surface area contributed by atoms with E-state index in [-0.39, 0.29) is 17.8 Å². The molecule has 32 heavy (non-hydrogen) atoms. The average molecular weight is 440 g/mol. The first-order chi connectivity index (χ1) is 15.4. The summed E-state index contributed by atoms with van der Waals surface area (Å²) in [6, 6.07) is 5.26. The summed E-state index contributed by atoms with van der Waals surface area (Å²) in [5, 5.41) is 0. The molecule has 8 nitrogen and oxygen atoms in total. The molecule has 6 unspecified atom stereocenters. The summed E-state index contributed by atoms with van der Waals surface area (Å²) in [6.07, 6.45) is 2.96. The molecule has 1 aromatic carbocycles. The summed E-state index contributed by atoms with van der Waals surface area (Å²) in [5.74, 6) is -0.160. The van der Waals surface area contributed by atoms with Crippen molar-refractivity contribution in [1.29, 1.82) is 0 Å². The molecule has 0 aromatic heterocycles. The molecule has 8 rings (SSSR count). The van der Waals surface area contributed by atoms with Gasteiger partial charge in [-0.15, -0.1) is 0 Å². The van der Waals surface area contributed by atoms with E-state index < -0.39 is 28.4 Å². The van der Waals surface area contributed by atoms with Crippen molar-refractivity contribution in [3.63, 3.8) is 0 Å². The number of anilines is 1. The standard InChI is InChI=1S/C24H28N2O6/c1-30-14-5-6-16-15(13-14)23-10-12-25-11-4-7-22(20(23)28)8-9-24(23,26(16)21(29)32-3)17(18(22)25)19(27)31-2/h5-6,13,17-18H,4,7-12H2,1-3H3. The van der Waals surface area contributed by atoms with Gasteiger partial charge in [-0.2, -0.15) is 0 Å². The van der Waals surface area contributed by atoms with Gasteiger partial charge in [-0.3, -0.25) is 19.4 Å². The number of piperidine rings is 1. The minimum Gasteiger partial charge on any atom is -0.497 e. The number of ketones is 1. The van der Waals surface area contributed by atoms with Crippen LogP contribution in [-0.4, -0.2) is 68.7 Å². The van der Waals surface area contributed by atoms with E-state index in [1.54, 1.807) is 18.1 Å². The smallest absolute Gasteiger partial charge is 0.414 e. The molecular weight excluding hydrogens is 412 g/mol. The number of benzene rings is 1. The molecule has 1 aromatic rings. The second-order valence-electron chi connectivity index (χ2n) is 9.84. The lowest BCUT2D eigenvalue weighted by molar-refractivity contribution is -0.183. The number of esters is 1. The van der Waals surface area contributed by atoms with Crippen LogP contribution in [0.4, 0.5) is 10.5 Å². The number of carbonyl (C=O) groups excluding carboxylic acids is 3. The highest BCUT2D eigenvalue weighted by Gasteiger charge is 2.84. The van der Waals surface area contributed by atoms with Gasteiger partial charge in [0.2, 0.25) is 0 Å². The fourth-order valence-electron chi connectivity index (χ4n) is 8.35. The van der Waals surface area contributed by atoms with E-state index in [0.29, 0.717) is 37.2 Å². The number of methoxy groups -OCH3 is 3. The van der Waals surface area contributed by atoms with E-state index in [9.17, 15) is 14.4 Å². The summed E-state index contributed by atoms with van der Waals surface area (Å²) >= 11 is 0. The van der Waals surface area contributed by atoms with Gasteiger partial charge in [-0.25, -0.2) is 4.79 Å². The number of ether oxygens (including phenoxy) is 3. The fraction of sp³-hybridized carbons (Fsp3) is 0.625. The minimum absolute atomic E-state index is 0.185. The predicted octanol–water partition coefficient (Wildman–Crippen LogP) is 2.28. The van der Waals surface area contributed by atoms with E-state index in [0.717, 1.165) is 24.9 Å². The molecule has 170 valence electrons. The second-order valence-corrected chi connectivity index (χ2v) is 9.84. The third-order valence-corrected chi connectivity index (χ3v) is 9.28. The van der Waals surface area contributed by atoms with Crippen LogP contribution in [0.1, 0.15) is 37.7 Å². The van der Waals surface area contributed by atoms with Crippen molar-refractivity contribution in [3.8, 4) is 5.75 Å². The maximum atomic E-state index is 14.7. The predicted molar refractivity (Wildman–Crippen MR) is 114 cm³/mol. The number of amides is 1. The quantitative estimate of drug-likeness (QED) is 0.652. The number of rotatable bonds is 2. The highest BCUT2D eigenvalue weighted by Crippen LogP contribution is 2.73. The van der Waals surface area contributed by atoms with E-state index in [2.05, 4.69) is 4.90 Å². The Morgan fingerprint density at radius 1 is 1.03 bits per heavy atom. The van der Waals surface area contributed by atoms with Gasteiger partial charge in [-0.1, -0.05) is 0 Å². The molecule has 3 spiro atoms. The van der Waals surface area contributed by atoms with Gasteiger partial charge in [-0.05, 0) is 69.0 Å². The Balaban J connectivity index is 1.74. The minimum atomic E-state index is -1.04. The molecular formula is C24H28N2O6. The molecule has 8 heteroatoms. The first-order valence-corrected chi connectivity index (χ1v) is 11.4. The van der Waals surface area contributed by atoms with Crippen LogP contribution in [0.3, 0.4) is 0 Å².